The van der Waals surface area contributed by atoms with Crippen molar-refractivity contribution in [2.75, 3.05) is 5.75 Å². The lowest BCUT2D eigenvalue weighted by molar-refractivity contribution is -0.138. The van der Waals surface area contributed by atoms with E-state index < -0.39 is 5.97 Å². The molecule has 1 rings (SSSR count). The molecule has 1 aliphatic carbocycles. The molecule has 0 aliphatic heterocycles. The predicted molar refractivity (Wildman–Crippen MR) is 86.7 cm³/mol. The number of carbonyl (C=O) groups is 2. The molecule has 2 amide bonds. The van der Waals surface area contributed by atoms with Crippen molar-refractivity contribution in [1.82, 2.24) is 10.6 Å². The maximum Gasteiger partial charge on any atom is 0.315 e. The highest BCUT2D eigenvalue weighted by molar-refractivity contribution is 7.99. The lowest BCUT2D eigenvalue weighted by Gasteiger charge is -2.31. The van der Waals surface area contributed by atoms with Gasteiger partial charge in [0.1, 0.15) is 0 Å². The van der Waals surface area contributed by atoms with Crippen molar-refractivity contribution in [3.63, 3.8) is 0 Å². The highest BCUT2D eigenvalue weighted by Crippen LogP contribution is 2.30. The molecule has 0 aromatic heterocycles. The van der Waals surface area contributed by atoms with Crippen LogP contribution in [0, 0.1) is 5.41 Å². The van der Waals surface area contributed by atoms with Crippen molar-refractivity contribution in [3.05, 3.63) is 0 Å². The third kappa shape index (κ3) is 6.16. The second-order valence-corrected chi connectivity index (χ2v) is 8.18. The van der Waals surface area contributed by atoms with Gasteiger partial charge in [-0.3, -0.25) is 4.79 Å². The largest absolute Gasteiger partial charge is 0.481 e. The first-order valence-corrected chi connectivity index (χ1v) is 8.69. The van der Waals surface area contributed by atoms with Crippen molar-refractivity contribution in [2.24, 2.45) is 5.41 Å². The van der Waals surface area contributed by atoms with Gasteiger partial charge in [-0.15, -0.1) is 0 Å². The van der Waals surface area contributed by atoms with Crippen molar-refractivity contribution in [2.45, 2.75) is 70.7 Å². The summed E-state index contributed by atoms with van der Waals surface area (Å²) in [6, 6.07) is -0.432. The van der Waals surface area contributed by atoms with Crippen LogP contribution in [-0.4, -0.2) is 40.2 Å². The van der Waals surface area contributed by atoms with Gasteiger partial charge in [0.05, 0.1) is 6.42 Å². The summed E-state index contributed by atoms with van der Waals surface area (Å²) < 4.78 is 0. The van der Waals surface area contributed by atoms with Gasteiger partial charge in [0, 0.05) is 17.3 Å². The Bertz CT molecular complexity index is 368. The van der Waals surface area contributed by atoms with Gasteiger partial charge >= 0.3 is 12.0 Å². The molecule has 0 aromatic rings. The molecule has 0 aromatic carbocycles. The van der Waals surface area contributed by atoms with E-state index in [0.29, 0.717) is 5.25 Å². The normalized spacial score (nSPS) is 23.6. The molecule has 5 nitrogen and oxygen atoms in total. The first kappa shape index (κ1) is 18.1. The molecule has 122 valence electrons. The Morgan fingerprint density at radius 3 is 2.52 bits per heavy atom. The first-order chi connectivity index (χ1) is 9.74. The highest BCUT2D eigenvalue weighted by Gasteiger charge is 2.31. The van der Waals surface area contributed by atoms with Crippen molar-refractivity contribution in [1.29, 1.82) is 0 Å². The molecule has 0 heterocycles. The SMILES string of the molecule is CCSC1CCCC1NC(=O)NC(CC(=O)O)C(C)(C)C. The summed E-state index contributed by atoms with van der Waals surface area (Å²) in [5, 5.41) is 15.3. The van der Waals surface area contributed by atoms with E-state index in [4.69, 9.17) is 5.11 Å². The van der Waals surface area contributed by atoms with Gasteiger partial charge in [0.15, 0.2) is 0 Å². The Kier molecular flexibility index (Phi) is 6.84. The summed E-state index contributed by atoms with van der Waals surface area (Å²) in [4.78, 5) is 23.1. The Morgan fingerprint density at radius 1 is 1.33 bits per heavy atom. The van der Waals surface area contributed by atoms with E-state index >= 15 is 0 Å². The number of thioether (sulfide) groups is 1. The van der Waals surface area contributed by atoms with Gasteiger partial charge in [-0.1, -0.05) is 34.1 Å². The zero-order chi connectivity index (χ0) is 16.0. The number of amides is 2. The smallest absolute Gasteiger partial charge is 0.315 e. The van der Waals surface area contributed by atoms with Crippen LogP contribution in [0.25, 0.3) is 0 Å². The van der Waals surface area contributed by atoms with Crippen molar-refractivity contribution < 1.29 is 14.7 Å². The van der Waals surface area contributed by atoms with Gasteiger partial charge in [-0.05, 0) is 24.0 Å². The molecule has 21 heavy (non-hydrogen) atoms. The number of hydrogen-bond donors (Lipinski definition) is 3. The van der Waals surface area contributed by atoms with Crippen LogP contribution in [0.1, 0.15) is 53.4 Å². The van der Waals surface area contributed by atoms with Crippen LogP contribution in [0.4, 0.5) is 4.79 Å². The van der Waals surface area contributed by atoms with E-state index in [0.717, 1.165) is 25.0 Å². The van der Waals surface area contributed by atoms with Crippen LogP contribution < -0.4 is 10.6 Å². The van der Waals surface area contributed by atoms with E-state index in [1.807, 2.05) is 32.5 Å². The summed E-state index contributed by atoms with van der Waals surface area (Å²) in [6.45, 7) is 7.94. The van der Waals surface area contributed by atoms with Crippen LogP contribution in [0.5, 0.6) is 0 Å². The molecule has 3 N–H and O–H groups in total. The topological polar surface area (TPSA) is 78.4 Å². The standard InChI is InChI=1S/C15H28N2O3S/c1-5-21-11-8-6-7-10(11)16-14(20)17-12(9-13(18)19)15(2,3)4/h10-12H,5-9H2,1-4H3,(H,18,19)(H2,16,17,20). The van der Waals surface area contributed by atoms with Crippen molar-refractivity contribution >= 4 is 23.8 Å². The average Bonchev–Trinajstić information content (AvgIpc) is 2.74. The quantitative estimate of drug-likeness (QED) is 0.704. The van der Waals surface area contributed by atoms with Gasteiger partial charge < -0.3 is 15.7 Å². The summed E-state index contributed by atoms with van der Waals surface area (Å²) in [5.41, 5.74) is -0.289. The van der Waals surface area contributed by atoms with E-state index in [9.17, 15) is 9.59 Å². The lowest BCUT2D eigenvalue weighted by atomic mass is 9.85. The predicted octanol–water partition coefficient (Wildman–Crippen LogP) is 2.85. The van der Waals surface area contributed by atoms with Crippen LogP contribution in [0.15, 0.2) is 0 Å². The second kappa shape index (κ2) is 7.92. The Morgan fingerprint density at radius 2 is 2.00 bits per heavy atom. The number of urea groups is 1. The van der Waals surface area contributed by atoms with Gasteiger partial charge in [0.2, 0.25) is 0 Å². The molecule has 3 unspecified atom stereocenters. The van der Waals surface area contributed by atoms with Gasteiger partial charge in [-0.2, -0.15) is 11.8 Å². The summed E-state index contributed by atoms with van der Waals surface area (Å²) in [6.07, 6.45) is 3.22. The molecular formula is C15H28N2O3S. The zero-order valence-electron chi connectivity index (χ0n) is 13.4. The molecule has 1 saturated carbocycles. The molecular weight excluding hydrogens is 288 g/mol. The lowest BCUT2D eigenvalue weighted by Crippen LogP contribution is -2.52. The Hall–Kier alpha value is -0.910. The number of nitrogens with one attached hydrogen (secondary N) is 2. The average molecular weight is 316 g/mol. The Balaban J connectivity index is 2.55. The van der Waals surface area contributed by atoms with E-state index in [-0.39, 0.29) is 30.0 Å². The van der Waals surface area contributed by atoms with Crippen LogP contribution >= 0.6 is 11.8 Å². The molecule has 0 saturated heterocycles. The molecule has 0 spiro atoms. The third-order valence-electron chi connectivity index (χ3n) is 3.88. The molecule has 0 radical (unpaired) electrons. The summed E-state index contributed by atoms with van der Waals surface area (Å²) in [7, 11) is 0. The fourth-order valence-corrected chi connectivity index (χ4v) is 3.82. The molecule has 6 heteroatoms. The minimum Gasteiger partial charge on any atom is -0.481 e. The van der Waals surface area contributed by atoms with E-state index in [1.54, 1.807) is 0 Å². The third-order valence-corrected chi connectivity index (χ3v) is 5.20. The van der Waals surface area contributed by atoms with Gasteiger partial charge in [0.25, 0.3) is 0 Å². The number of carboxylic acid groups (broad SMARTS) is 1. The molecule has 3 atom stereocenters. The maximum absolute atomic E-state index is 12.2. The number of aliphatic carboxylic acids is 1. The van der Waals surface area contributed by atoms with E-state index in [1.165, 1.54) is 0 Å². The molecule has 1 fully saturated rings. The Labute approximate surface area is 131 Å². The number of hydrogen-bond acceptors (Lipinski definition) is 3. The minimum absolute atomic E-state index is 0.0608. The van der Waals surface area contributed by atoms with Gasteiger partial charge in [-0.25, -0.2) is 4.79 Å². The molecule has 1 aliphatic rings. The van der Waals surface area contributed by atoms with E-state index in [2.05, 4.69) is 17.6 Å². The zero-order valence-corrected chi connectivity index (χ0v) is 14.3. The maximum atomic E-state index is 12.2. The second-order valence-electron chi connectivity index (χ2n) is 6.67. The number of carboxylic acids is 1. The highest BCUT2D eigenvalue weighted by atomic mass is 32.2. The van der Waals surface area contributed by atoms with Crippen LogP contribution in [-0.2, 0) is 4.79 Å². The summed E-state index contributed by atoms with van der Waals surface area (Å²) in [5.74, 6) is 0.157. The monoisotopic (exact) mass is 316 g/mol. The first-order valence-electron chi connectivity index (χ1n) is 7.64. The van der Waals surface area contributed by atoms with Crippen LogP contribution in [0.3, 0.4) is 0 Å². The van der Waals surface area contributed by atoms with Crippen molar-refractivity contribution in [3.8, 4) is 0 Å². The number of carbonyl (C=O) groups excluding carboxylic acids is 1. The minimum atomic E-state index is -0.893. The fourth-order valence-electron chi connectivity index (χ4n) is 2.62. The fraction of sp³-hybridized carbons (Fsp3) is 0.867. The van der Waals surface area contributed by atoms with Crippen LogP contribution in [0.2, 0.25) is 0 Å². The number of rotatable bonds is 6. The molecule has 0 bridgehead atoms. The summed E-state index contributed by atoms with van der Waals surface area (Å²) >= 11 is 1.89.